The molecule has 122 valence electrons. The number of carbonyl (C=O) groups is 1. The zero-order valence-corrected chi connectivity index (χ0v) is 13.3. The van der Waals surface area contributed by atoms with Crippen molar-refractivity contribution in [2.75, 3.05) is 0 Å². The van der Waals surface area contributed by atoms with Crippen LogP contribution in [0.4, 0.5) is 4.39 Å². The molecule has 1 aromatic heterocycles. The van der Waals surface area contributed by atoms with E-state index in [4.69, 9.17) is 4.52 Å². The molecule has 3 aromatic rings. The number of aromatic nitrogens is 2. The zero-order valence-electron chi connectivity index (χ0n) is 13.3. The van der Waals surface area contributed by atoms with Gasteiger partial charge in [0.25, 0.3) is 5.91 Å². The summed E-state index contributed by atoms with van der Waals surface area (Å²) in [6.07, 6.45) is 0. The maximum atomic E-state index is 13.7. The Bertz CT molecular complexity index is 876. The number of hydrogen-bond acceptors (Lipinski definition) is 4. The molecular formula is C18H16FN3O2. The Morgan fingerprint density at radius 3 is 2.62 bits per heavy atom. The Morgan fingerprint density at radius 2 is 1.88 bits per heavy atom. The van der Waals surface area contributed by atoms with Crippen LogP contribution in [0.5, 0.6) is 0 Å². The van der Waals surface area contributed by atoms with Gasteiger partial charge in [-0.2, -0.15) is 4.98 Å². The summed E-state index contributed by atoms with van der Waals surface area (Å²) in [6, 6.07) is 12.9. The summed E-state index contributed by atoms with van der Waals surface area (Å²) < 4.78 is 18.9. The van der Waals surface area contributed by atoms with Crippen LogP contribution in [0.2, 0.25) is 0 Å². The normalized spacial score (nSPS) is 12.0. The second-order valence-corrected chi connectivity index (χ2v) is 5.45. The van der Waals surface area contributed by atoms with Gasteiger partial charge in [0, 0.05) is 5.56 Å². The largest absolute Gasteiger partial charge is 0.340 e. The molecule has 1 heterocycles. The second kappa shape index (κ2) is 6.62. The molecule has 0 spiro atoms. The first-order chi connectivity index (χ1) is 11.6. The third-order valence-electron chi connectivity index (χ3n) is 3.66. The maximum Gasteiger partial charge on any atom is 0.254 e. The first-order valence-electron chi connectivity index (χ1n) is 7.51. The van der Waals surface area contributed by atoms with Gasteiger partial charge in [0.15, 0.2) is 0 Å². The molecule has 0 bridgehead atoms. The lowest BCUT2D eigenvalue weighted by Gasteiger charge is -2.10. The number of rotatable bonds is 4. The minimum absolute atomic E-state index is 0.0250. The Hall–Kier alpha value is -3.02. The molecular weight excluding hydrogens is 309 g/mol. The van der Waals surface area contributed by atoms with E-state index in [2.05, 4.69) is 15.5 Å². The second-order valence-electron chi connectivity index (χ2n) is 5.45. The lowest BCUT2D eigenvalue weighted by Crippen LogP contribution is -2.27. The summed E-state index contributed by atoms with van der Waals surface area (Å²) in [5.74, 6) is -0.391. The number of nitrogens with zero attached hydrogens (tertiary/aromatic N) is 2. The van der Waals surface area contributed by atoms with Gasteiger partial charge in [-0.15, -0.1) is 0 Å². The highest BCUT2D eigenvalue weighted by atomic mass is 19.1. The van der Waals surface area contributed by atoms with E-state index in [1.165, 1.54) is 18.2 Å². The molecule has 24 heavy (non-hydrogen) atoms. The fourth-order valence-corrected chi connectivity index (χ4v) is 2.33. The van der Waals surface area contributed by atoms with Crippen molar-refractivity contribution in [3.05, 3.63) is 71.4 Å². The van der Waals surface area contributed by atoms with Gasteiger partial charge in [0.05, 0.1) is 5.56 Å². The molecule has 0 unspecified atom stereocenters. The number of benzene rings is 2. The predicted molar refractivity (Wildman–Crippen MR) is 86.8 cm³/mol. The van der Waals surface area contributed by atoms with Crippen LogP contribution in [0.25, 0.3) is 11.4 Å². The van der Waals surface area contributed by atoms with Crippen molar-refractivity contribution in [3.8, 4) is 11.4 Å². The van der Waals surface area contributed by atoms with Crippen LogP contribution in [0.1, 0.15) is 34.8 Å². The van der Waals surface area contributed by atoms with Gasteiger partial charge < -0.3 is 9.84 Å². The van der Waals surface area contributed by atoms with Crippen LogP contribution in [0.3, 0.4) is 0 Å². The summed E-state index contributed by atoms with van der Waals surface area (Å²) in [5.41, 5.74) is 1.86. The molecule has 5 nitrogen and oxygen atoms in total. The highest BCUT2D eigenvalue weighted by Gasteiger charge is 2.20. The minimum atomic E-state index is -0.576. The van der Waals surface area contributed by atoms with Crippen molar-refractivity contribution in [1.29, 1.82) is 0 Å². The smallest absolute Gasteiger partial charge is 0.254 e. The molecule has 6 heteroatoms. The Balaban J connectivity index is 1.77. The first kappa shape index (κ1) is 15.9. The van der Waals surface area contributed by atoms with Gasteiger partial charge in [-0.1, -0.05) is 41.6 Å². The zero-order chi connectivity index (χ0) is 17.1. The average Bonchev–Trinajstić information content (AvgIpc) is 3.05. The van der Waals surface area contributed by atoms with Gasteiger partial charge in [-0.25, -0.2) is 4.39 Å². The van der Waals surface area contributed by atoms with E-state index in [9.17, 15) is 9.18 Å². The number of amides is 1. The number of hydrogen-bond donors (Lipinski definition) is 1. The third kappa shape index (κ3) is 3.17. The van der Waals surface area contributed by atoms with Crippen molar-refractivity contribution in [1.82, 2.24) is 15.5 Å². The first-order valence-corrected chi connectivity index (χ1v) is 7.51. The molecule has 2 aromatic carbocycles. The number of aryl methyl sites for hydroxylation is 1. The molecule has 3 rings (SSSR count). The van der Waals surface area contributed by atoms with E-state index in [1.807, 2.05) is 31.2 Å². The van der Waals surface area contributed by atoms with E-state index < -0.39 is 17.8 Å². The molecule has 1 N–H and O–H groups in total. The summed E-state index contributed by atoms with van der Waals surface area (Å²) in [6.45, 7) is 3.66. The monoisotopic (exact) mass is 325 g/mol. The van der Waals surface area contributed by atoms with E-state index in [1.54, 1.807) is 13.0 Å². The third-order valence-corrected chi connectivity index (χ3v) is 3.66. The van der Waals surface area contributed by atoms with Gasteiger partial charge in [0.2, 0.25) is 11.7 Å². The van der Waals surface area contributed by atoms with E-state index in [-0.39, 0.29) is 11.5 Å². The molecule has 0 aliphatic carbocycles. The van der Waals surface area contributed by atoms with Crippen molar-refractivity contribution < 1.29 is 13.7 Å². The summed E-state index contributed by atoms with van der Waals surface area (Å²) in [4.78, 5) is 16.5. The van der Waals surface area contributed by atoms with Gasteiger partial charge >= 0.3 is 0 Å². The van der Waals surface area contributed by atoms with Crippen molar-refractivity contribution in [2.45, 2.75) is 19.9 Å². The fourth-order valence-electron chi connectivity index (χ4n) is 2.33. The van der Waals surface area contributed by atoms with E-state index in [0.29, 0.717) is 5.82 Å². The van der Waals surface area contributed by atoms with Crippen LogP contribution >= 0.6 is 0 Å². The van der Waals surface area contributed by atoms with Crippen molar-refractivity contribution in [3.63, 3.8) is 0 Å². The van der Waals surface area contributed by atoms with Crippen molar-refractivity contribution in [2.24, 2.45) is 0 Å². The Morgan fingerprint density at radius 1 is 1.17 bits per heavy atom. The quantitative estimate of drug-likeness (QED) is 0.794. The molecule has 0 aliphatic rings. The van der Waals surface area contributed by atoms with E-state index in [0.717, 1.165) is 11.1 Å². The number of halogens is 1. The molecule has 0 radical (unpaired) electrons. The van der Waals surface area contributed by atoms with Crippen LogP contribution in [-0.2, 0) is 0 Å². The molecule has 0 aliphatic heterocycles. The SMILES string of the molecule is Cc1ccccc1-c1noc([C@@H](C)NC(=O)c2ccccc2F)n1. The summed E-state index contributed by atoms with van der Waals surface area (Å²) >= 11 is 0. The van der Waals surface area contributed by atoms with Crippen LogP contribution in [-0.4, -0.2) is 16.0 Å². The lowest BCUT2D eigenvalue weighted by atomic mass is 10.1. The van der Waals surface area contributed by atoms with Gasteiger partial charge in [-0.3, -0.25) is 4.79 Å². The van der Waals surface area contributed by atoms with Gasteiger partial charge in [-0.05, 0) is 31.5 Å². The minimum Gasteiger partial charge on any atom is -0.340 e. The molecule has 0 saturated heterocycles. The molecule has 0 saturated carbocycles. The summed E-state index contributed by atoms with van der Waals surface area (Å²) in [7, 11) is 0. The Kier molecular flexibility index (Phi) is 4.37. The predicted octanol–water partition coefficient (Wildman–Crippen LogP) is 3.68. The molecule has 1 atom stereocenters. The Labute approximate surface area is 138 Å². The molecule has 0 fully saturated rings. The van der Waals surface area contributed by atoms with Crippen molar-refractivity contribution >= 4 is 5.91 Å². The fraction of sp³-hybridized carbons (Fsp3) is 0.167. The van der Waals surface area contributed by atoms with Gasteiger partial charge in [0.1, 0.15) is 11.9 Å². The highest BCUT2D eigenvalue weighted by molar-refractivity contribution is 5.94. The van der Waals surface area contributed by atoms with Crippen LogP contribution in [0.15, 0.2) is 53.1 Å². The average molecular weight is 325 g/mol. The molecule has 1 amide bonds. The number of nitrogens with one attached hydrogen (secondary N) is 1. The lowest BCUT2D eigenvalue weighted by molar-refractivity contribution is 0.0928. The number of carbonyl (C=O) groups excluding carboxylic acids is 1. The van der Waals surface area contributed by atoms with Crippen LogP contribution < -0.4 is 5.32 Å². The van der Waals surface area contributed by atoms with E-state index >= 15 is 0 Å². The standard InChI is InChI=1S/C18H16FN3O2/c1-11-7-3-4-8-13(11)16-21-18(24-22-16)12(2)20-17(23)14-9-5-6-10-15(14)19/h3-10,12H,1-2H3,(H,20,23)/t12-/m1/s1. The summed E-state index contributed by atoms with van der Waals surface area (Å²) in [5, 5.41) is 6.61. The van der Waals surface area contributed by atoms with Crippen LogP contribution in [0, 0.1) is 12.7 Å². The maximum absolute atomic E-state index is 13.7. The highest BCUT2D eigenvalue weighted by Crippen LogP contribution is 2.22. The topological polar surface area (TPSA) is 68.0 Å².